The molecular formula is C16H11Br4ClO3. The van der Waals surface area contributed by atoms with Crippen LogP contribution in [-0.4, -0.2) is 10.5 Å². The van der Waals surface area contributed by atoms with Gasteiger partial charge in [-0.25, -0.2) is 4.79 Å². The van der Waals surface area contributed by atoms with Gasteiger partial charge < -0.3 is 9.84 Å². The molecular weight excluding hydrogens is 595 g/mol. The van der Waals surface area contributed by atoms with Gasteiger partial charge in [0.05, 0.1) is 17.9 Å². The van der Waals surface area contributed by atoms with E-state index in [1.54, 1.807) is 0 Å². The second-order valence-electron chi connectivity index (χ2n) is 5.52. The van der Waals surface area contributed by atoms with Gasteiger partial charge in [-0.05, 0) is 99.1 Å². The number of aromatic hydroxyl groups is 1. The smallest absolute Gasteiger partial charge is 0.409 e. The minimum absolute atomic E-state index is 0.154. The molecule has 0 saturated carbocycles. The number of phenols is 1. The Morgan fingerprint density at radius 1 is 0.958 bits per heavy atom. The number of ether oxygens (including phenoxy) is 1. The zero-order chi connectivity index (χ0) is 18.2. The van der Waals surface area contributed by atoms with Gasteiger partial charge in [0.25, 0.3) is 0 Å². The number of hydrogen-bond donors (Lipinski definition) is 1. The van der Waals surface area contributed by atoms with Gasteiger partial charge in [0.1, 0.15) is 5.75 Å². The highest BCUT2D eigenvalue weighted by molar-refractivity contribution is 9.11. The van der Waals surface area contributed by atoms with Gasteiger partial charge in [0.2, 0.25) is 0 Å². The van der Waals surface area contributed by atoms with Gasteiger partial charge in [0.15, 0.2) is 5.75 Å². The first-order valence-electron chi connectivity index (χ1n) is 6.59. The van der Waals surface area contributed by atoms with Crippen LogP contribution < -0.4 is 4.74 Å². The summed E-state index contributed by atoms with van der Waals surface area (Å²) in [6.45, 7) is 4.11. The van der Waals surface area contributed by atoms with E-state index in [0.717, 1.165) is 11.1 Å². The Hall–Kier alpha value is -0.0800. The number of halogens is 5. The van der Waals surface area contributed by atoms with Crippen LogP contribution in [0, 0.1) is 0 Å². The van der Waals surface area contributed by atoms with Crippen molar-refractivity contribution in [2.75, 3.05) is 0 Å². The van der Waals surface area contributed by atoms with Crippen molar-refractivity contribution >= 4 is 80.7 Å². The number of rotatable bonds is 3. The third-order valence-electron chi connectivity index (χ3n) is 3.64. The molecule has 0 heterocycles. The van der Waals surface area contributed by atoms with Crippen LogP contribution >= 0.6 is 75.3 Å². The summed E-state index contributed by atoms with van der Waals surface area (Å²) in [6.07, 6.45) is 0. The molecule has 0 aromatic heterocycles. The molecule has 0 spiro atoms. The molecule has 0 atom stereocenters. The quantitative estimate of drug-likeness (QED) is 0.368. The van der Waals surface area contributed by atoms with Crippen LogP contribution in [0.3, 0.4) is 0 Å². The first-order chi connectivity index (χ1) is 11.0. The van der Waals surface area contributed by atoms with Crippen LogP contribution in [0.1, 0.15) is 25.0 Å². The highest BCUT2D eigenvalue weighted by Crippen LogP contribution is 2.43. The first kappa shape index (κ1) is 20.2. The molecule has 3 nitrogen and oxygen atoms in total. The summed E-state index contributed by atoms with van der Waals surface area (Å²) in [5, 5.41) is 9.91. The van der Waals surface area contributed by atoms with Crippen molar-refractivity contribution in [1.82, 2.24) is 0 Å². The zero-order valence-electron chi connectivity index (χ0n) is 12.5. The maximum atomic E-state index is 11.0. The van der Waals surface area contributed by atoms with Gasteiger partial charge in [-0.3, -0.25) is 0 Å². The van der Waals surface area contributed by atoms with E-state index in [1.807, 2.05) is 24.3 Å². The molecule has 0 radical (unpaired) electrons. The fourth-order valence-electron chi connectivity index (χ4n) is 2.19. The Balaban J connectivity index is 2.56. The zero-order valence-corrected chi connectivity index (χ0v) is 19.6. The van der Waals surface area contributed by atoms with Gasteiger partial charge in [0, 0.05) is 17.0 Å². The Kier molecular flexibility index (Phi) is 6.46. The Morgan fingerprint density at radius 2 is 1.33 bits per heavy atom. The van der Waals surface area contributed by atoms with Gasteiger partial charge >= 0.3 is 5.43 Å². The van der Waals surface area contributed by atoms with E-state index in [1.165, 1.54) is 0 Å². The van der Waals surface area contributed by atoms with Crippen LogP contribution in [0.15, 0.2) is 42.2 Å². The fraction of sp³-hybridized carbons (Fsp3) is 0.188. The maximum absolute atomic E-state index is 11.0. The van der Waals surface area contributed by atoms with E-state index in [9.17, 15) is 9.90 Å². The number of carbonyl (C=O) groups excluding carboxylic acids is 1. The van der Waals surface area contributed by atoms with Crippen LogP contribution in [0.5, 0.6) is 11.5 Å². The average Bonchev–Trinajstić information content (AvgIpc) is 2.47. The first-order valence-corrected chi connectivity index (χ1v) is 10.1. The SMILES string of the molecule is CC(C)(c1cc(Br)c(O)c(Br)c1)c1cc(Br)c(OC(=O)Cl)c(Br)c1. The molecule has 0 amide bonds. The summed E-state index contributed by atoms with van der Waals surface area (Å²) in [6, 6.07) is 7.48. The normalized spacial score (nSPS) is 11.5. The predicted molar refractivity (Wildman–Crippen MR) is 109 cm³/mol. The number of benzene rings is 2. The lowest BCUT2D eigenvalue weighted by Gasteiger charge is -2.28. The molecule has 0 aliphatic carbocycles. The molecule has 0 bridgehead atoms. The minimum atomic E-state index is -0.908. The molecule has 2 aromatic rings. The number of phenolic OH excluding ortho intramolecular Hbond substituents is 1. The lowest BCUT2D eigenvalue weighted by Crippen LogP contribution is -2.19. The van der Waals surface area contributed by atoms with Gasteiger partial charge in [-0.1, -0.05) is 13.8 Å². The molecule has 2 aromatic carbocycles. The number of carbonyl (C=O) groups is 1. The topological polar surface area (TPSA) is 46.5 Å². The Bertz CT molecular complexity index is 775. The third-order valence-corrected chi connectivity index (χ3v) is 6.11. The van der Waals surface area contributed by atoms with Crippen molar-refractivity contribution in [3.05, 3.63) is 53.3 Å². The second-order valence-corrected chi connectivity index (χ2v) is 9.25. The van der Waals surface area contributed by atoms with E-state index in [-0.39, 0.29) is 11.2 Å². The summed E-state index contributed by atoms with van der Waals surface area (Å²) >= 11 is 18.8. The standard InChI is InChI=1S/C16H11Br4ClO3/c1-16(2,7-3-9(17)13(22)10(18)4-7)8-5-11(19)14(12(20)6-8)24-15(21)23/h3-6,22H,1-2H3. The summed E-state index contributed by atoms with van der Waals surface area (Å²) in [5.41, 5.74) is 0.669. The van der Waals surface area contributed by atoms with Crippen molar-refractivity contribution in [3.63, 3.8) is 0 Å². The highest BCUT2D eigenvalue weighted by atomic mass is 79.9. The van der Waals surface area contributed by atoms with Crippen molar-refractivity contribution in [1.29, 1.82) is 0 Å². The summed E-state index contributed by atoms with van der Waals surface area (Å²) in [7, 11) is 0. The predicted octanol–water partition coefficient (Wildman–Crippen LogP) is 7.51. The van der Waals surface area contributed by atoms with Crippen molar-refractivity contribution < 1.29 is 14.6 Å². The van der Waals surface area contributed by atoms with Gasteiger partial charge in [-0.2, -0.15) is 0 Å². The molecule has 0 fully saturated rings. The second kappa shape index (κ2) is 7.66. The van der Waals surface area contributed by atoms with E-state index in [4.69, 9.17) is 16.3 Å². The third kappa shape index (κ3) is 4.18. The molecule has 24 heavy (non-hydrogen) atoms. The van der Waals surface area contributed by atoms with Crippen molar-refractivity contribution in [3.8, 4) is 11.5 Å². The molecule has 0 unspecified atom stereocenters. The van der Waals surface area contributed by atoms with E-state index >= 15 is 0 Å². The van der Waals surface area contributed by atoms with Crippen LogP contribution in [0.25, 0.3) is 0 Å². The van der Waals surface area contributed by atoms with Crippen LogP contribution in [0.4, 0.5) is 4.79 Å². The van der Waals surface area contributed by atoms with Crippen LogP contribution in [-0.2, 0) is 5.41 Å². The fourth-order valence-corrected chi connectivity index (χ4v) is 4.80. The lowest BCUT2D eigenvalue weighted by molar-refractivity contribution is 0.225. The molecule has 8 heteroatoms. The Labute approximate surface area is 178 Å². The molecule has 128 valence electrons. The van der Waals surface area contributed by atoms with Crippen molar-refractivity contribution in [2.45, 2.75) is 19.3 Å². The monoisotopic (exact) mass is 602 g/mol. The van der Waals surface area contributed by atoms with Crippen molar-refractivity contribution in [2.24, 2.45) is 0 Å². The van der Waals surface area contributed by atoms with Gasteiger partial charge in [-0.15, -0.1) is 0 Å². The molecule has 0 aliphatic heterocycles. The van der Waals surface area contributed by atoms with E-state index in [0.29, 0.717) is 23.6 Å². The molecule has 1 N–H and O–H groups in total. The highest BCUT2D eigenvalue weighted by Gasteiger charge is 2.27. The lowest BCUT2D eigenvalue weighted by atomic mass is 9.78. The average molecular weight is 606 g/mol. The largest absolute Gasteiger partial charge is 0.506 e. The van der Waals surface area contributed by atoms with E-state index < -0.39 is 5.43 Å². The molecule has 0 aliphatic rings. The van der Waals surface area contributed by atoms with E-state index in [2.05, 4.69) is 77.6 Å². The summed E-state index contributed by atoms with van der Waals surface area (Å²) in [4.78, 5) is 11.0. The number of hydrogen-bond acceptors (Lipinski definition) is 3. The minimum Gasteiger partial charge on any atom is -0.506 e. The summed E-state index contributed by atoms with van der Waals surface area (Å²) in [5.74, 6) is 0.476. The molecule has 0 saturated heterocycles. The van der Waals surface area contributed by atoms with Crippen LogP contribution in [0.2, 0.25) is 0 Å². The molecule has 2 rings (SSSR count). The maximum Gasteiger partial charge on any atom is 0.409 e. The summed E-state index contributed by atoms with van der Waals surface area (Å²) < 4.78 is 7.40. The Morgan fingerprint density at radius 3 is 1.71 bits per heavy atom.